The van der Waals surface area contributed by atoms with Crippen LogP contribution in [0.15, 0.2) is 18.2 Å². The molecule has 4 rings (SSSR count). The topological polar surface area (TPSA) is 35.6 Å². The predicted molar refractivity (Wildman–Crippen MR) is 106 cm³/mol. The van der Waals surface area contributed by atoms with Crippen LogP contribution in [0.4, 0.5) is 0 Å². The summed E-state index contributed by atoms with van der Waals surface area (Å²) < 4.78 is 0. The van der Waals surface area contributed by atoms with Crippen molar-refractivity contribution < 1.29 is 4.79 Å². The third kappa shape index (κ3) is 4.48. The van der Waals surface area contributed by atoms with E-state index in [4.69, 9.17) is 0 Å². The Bertz CT molecular complexity index is 594. The van der Waals surface area contributed by atoms with Crippen LogP contribution in [0.2, 0.25) is 0 Å². The molecule has 3 aliphatic rings. The van der Waals surface area contributed by atoms with Crippen LogP contribution in [0.3, 0.4) is 0 Å². The lowest BCUT2D eigenvalue weighted by atomic mass is 10.1. The summed E-state index contributed by atoms with van der Waals surface area (Å²) in [6.07, 6.45) is 0. The number of carbonyl (C=O) groups excluding carboxylic acids is 1. The number of amides is 1. The number of carbonyl (C=O) groups is 1. The zero-order valence-electron chi connectivity index (χ0n) is 15.0. The molecule has 140 valence electrons. The molecule has 2 saturated heterocycles. The second kappa shape index (κ2) is 8.26. The fourth-order valence-electron chi connectivity index (χ4n) is 4.58. The van der Waals surface area contributed by atoms with Crippen LogP contribution in [-0.4, -0.2) is 55.0 Å². The minimum atomic E-state index is 0. The monoisotopic (exact) mass is 385 g/mol. The van der Waals surface area contributed by atoms with Crippen molar-refractivity contribution in [1.29, 1.82) is 0 Å². The SMILES string of the molecule is Cc1cc(C)cc(CN2CCN(CC3[C@H]4CNC[C@@H]34)CC2=O)c1.Cl.Cl. The van der Waals surface area contributed by atoms with Gasteiger partial charge in [0.2, 0.25) is 5.91 Å². The van der Waals surface area contributed by atoms with Crippen molar-refractivity contribution in [2.24, 2.45) is 17.8 Å². The molecular weight excluding hydrogens is 357 g/mol. The predicted octanol–water partition coefficient (Wildman–Crippen LogP) is 2.26. The van der Waals surface area contributed by atoms with Crippen molar-refractivity contribution >= 4 is 30.7 Å². The Hall–Kier alpha value is -0.810. The number of nitrogens with zero attached hydrogens (tertiary/aromatic N) is 2. The van der Waals surface area contributed by atoms with Crippen LogP contribution in [-0.2, 0) is 11.3 Å². The highest BCUT2D eigenvalue weighted by Gasteiger charge is 2.53. The van der Waals surface area contributed by atoms with E-state index in [2.05, 4.69) is 42.3 Å². The zero-order valence-corrected chi connectivity index (χ0v) is 16.7. The van der Waals surface area contributed by atoms with E-state index in [0.717, 1.165) is 43.9 Å². The summed E-state index contributed by atoms with van der Waals surface area (Å²) in [5.41, 5.74) is 3.81. The normalized spacial score (nSPS) is 28.2. The fraction of sp³-hybridized carbons (Fsp3) is 0.632. The van der Waals surface area contributed by atoms with Crippen molar-refractivity contribution in [2.75, 3.05) is 39.3 Å². The molecule has 1 aromatic rings. The van der Waals surface area contributed by atoms with Gasteiger partial charge in [0.1, 0.15) is 0 Å². The van der Waals surface area contributed by atoms with E-state index in [1.165, 1.54) is 29.8 Å². The number of aryl methyl sites for hydroxylation is 2. The zero-order chi connectivity index (χ0) is 16.0. The van der Waals surface area contributed by atoms with Crippen molar-refractivity contribution in [2.45, 2.75) is 20.4 Å². The van der Waals surface area contributed by atoms with Gasteiger partial charge >= 0.3 is 0 Å². The molecule has 25 heavy (non-hydrogen) atoms. The molecule has 3 fully saturated rings. The summed E-state index contributed by atoms with van der Waals surface area (Å²) in [6, 6.07) is 6.58. The molecule has 3 atom stereocenters. The molecule has 0 spiro atoms. The van der Waals surface area contributed by atoms with Gasteiger partial charge in [-0.3, -0.25) is 9.69 Å². The summed E-state index contributed by atoms with van der Waals surface area (Å²) >= 11 is 0. The van der Waals surface area contributed by atoms with Gasteiger partial charge in [-0.05, 0) is 50.3 Å². The summed E-state index contributed by atoms with van der Waals surface area (Å²) in [4.78, 5) is 16.9. The molecule has 2 aliphatic heterocycles. The van der Waals surface area contributed by atoms with Gasteiger partial charge in [0.25, 0.3) is 0 Å². The number of piperidine rings is 1. The lowest BCUT2D eigenvalue weighted by Crippen LogP contribution is -2.50. The van der Waals surface area contributed by atoms with Crippen LogP contribution in [0, 0.1) is 31.6 Å². The third-order valence-corrected chi connectivity index (χ3v) is 5.79. The molecule has 1 saturated carbocycles. The van der Waals surface area contributed by atoms with Gasteiger partial charge in [-0.25, -0.2) is 0 Å². The van der Waals surface area contributed by atoms with Gasteiger partial charge in [0.05, 0.1) is 6.54 Å². The summed E-state index contributed by atoms with van der Waals surface area (Å²) in [6.45, 7) is 11.0. The van der Waals surface area contributed by atoms with Gasteiger partial charge in [0, 0.05) is 26.2 Å². The van der Waals surface area contributed by atoms with Crippen molar-refractivity contribution in [3.05, 3.63) is 34.9 Å². The number of piperazine rings is 1. The summed E-state index contributed by atoms with van der Waals surface area (Å²) in [5.74, 6) is 2.91. The van der Waals surface area contributed by atoms with Gasteiger partial charge in [-0.1, -0.05) is 29.3 Å². The first-order valence-electron chi connectivity index (χ1n) is 8.88. The number of hydrogen-bond acceptors (Lipinski definition) is 3. The van der Waals surface area contributed by atoms with E-state index in [-0.39, 0.29) is 24.8 Å². The molecule has 1 unspecified atom stereocenters. The molecule has 0 aromatic heterocycles. The maximum atomic E-state index is 12.5. The van der Waals surface area contributed by atoms with Crippen molar-refractivity contribution in [1.82, 2.24) is 15.1 Å². The Labute approximate surface area is 163 Å². The van der Waals surface area contributed by atoms with Gasteiger partial charge < -0.3 is 10.2 Å². The molecule has 0 bridgehead atoms. The highest BCUT2D eigenvalue weighted by molar-refractivity contribution is 5.85. The average molecular weight is 386 g/mol. The number of benzene rings is 1. The molecule has 0 radical (unpaired) electrons. The first-order valence-corrected chi connectivity index (χ1v) is 8.88. The number of fused-ring (bicyclic) bond motifs is 1. The minimum Gasteiger partial charge on any atom is -0.336 e. The number of halogens is 2. The molecule has 1 aliphatic carbocycles. The largest absolute Gasteiger partial charge is 0.336 e. The summed E-state index contributed by atoms with van der Waals surface area (Å²) in [7, 11) is 0. The number of hydrogen-bond donors (Lipinski definition) is 1. The lowest BCUT2D eigenvalue weighted by molar-refractivity contribution is -0.136. The Kier molecular flexibility index (Phi) is 6.77. The first-order chi connectivity index (χ1) is 11.1. The van der Waals surface area contributed by atoms with Crippen molar-refractivity contribution in [3.8, 4) is 0 Å². The van der Waals surface area contributed by atoms with Crippen LogP contribution in [0.1, 0.15) is 16.7 Å². The van der Waals surface area contributed by atoms with Crippen LogP contribution < -0.4 is 5.32 Å². The molecular formula is C19H29Cl2N3O. The van der Waals surface area contributed by atoms with E-state index in [0.29, 0.717) is 12.5 Å². The van der Waals surface area contributed by atoms with Crippen LogP contribution in [0.25, 0.3) is 0 Å². The summed E-state index contributed by atoms with van der Waals surface area (Å²) in [5, 5.41) is 3.45. The second-order valence-corrected chi connectivity index (χ2v) is 7.70. The fourth-order valence-corrected chi connectivity index (χ4v) is 4.58. The Morgan fingerprint density at radius 3 is 2.28 bits per heavy atom. The number of nitrogens with one attached hydrogen (secondary N) is 1. The number of rotatable bonds is 4. The van der Waals surface area contributed by atoms with Crippen molar-refractivity contribution in [3.63, 3.8) is 0 Å². The highest BCUT2D eigenvalue weighted by atomic mass is 35.5. The van der Waals surface area contributed by atoms with Crippen LogP contribution in [0.5, 0.6) is 0 Å². The molecule has 4 nitrogen and oxygen atoms in total. The smallest absolute Gasteiger partial charge is 0.237 e. The van der Waals surface area contributed by atoms with E-state index < -0.39 is 0 Å². The maximum absolute atomic E-state index is 12.5. The van der Waals surface area contributed by atoms with E-state index >= 15 is 0 Å². The second-order valence-electron chi connectivity index (χ2n) is 7.70. The first kappa shape index (κ1) is 20.5. The average Bonchev–Trinajstić information content (AvgIpc) is 2.92. The van der Waals surface area contributed by atoms with E-state index in [1.54, 1.807) is 0 Å². The quantitative estimate of drug-likeness (QED) is 0.863. The highest BCUT2D eigenvalue weighted by Crippen LogP contribution is 2.48. The maximum Gasteiger partial charge on any atom is 0.237 e. The molecule has 1 aromatic carbocycles. The molecule has 2 heterocycles. The third-order valence-electron chi connectivity index (χ3n) is 5.79. The standard InChI is InChI=1S/C19H27N3O.2ClH/c1-13-5-14(2)7-15(6-13)10-22-4-3-21(12-19(22)23)11-18-16-8-20-9-17(16)18;;/h5-7,16-18,20H,3-4,8-12H2,1-2H3;2*1H/t16-,17+,18?;;. The van der Waals surface area contributed by atoms with Crippen LogP contribution >= 0.6 is 24.8 Å². The molecule has 1 amide bonds. The van der Waals surface area contributed by atoms with Gasteiger partial charge in [-0.2, -0.15) is 0 Å². The molecule has 6 heteroatoms. The van der Waals surface area contributed by atoms with Gasteiger partial charge in [-0.15, -0.1) is 24.8 Å². The Morgan fingerprint density at radius 2 is 1.68 bits per heavy atom. The van der Waals surface area contributed by atoms with Gasteiger partial charge in [0.15, 0.2) is 0 Å². The van der Waals surface area contributed by atoms with E-state index in [1.807, 2.05) is 4.90 Å². The lowest BCUT2D eigenvalue weighted by Gasteiger charge is -2.34. The molecule has 1 N–H and O–H groups in total. The van der Waals surface area contributed by atoms with E-state index in [9.17, 15) is 4.79 Å². The Morgan fingerprint density at radius 1 is 1.04 bits per heavy atom. The minimum absolute atomic E-state index is 0. The Balaban J connectivity index is 0.00000113.